The molecule has 4 nitrogen and oxygen atoms in total. The molecule has 0 aliphatic heterocycles. The van der Waals surface area contributed by atoms with Crippen LogP contribution in [0.2, 0.25) is 0 Å². The summed E-state index contributed by atoms with van der Waals surface area (Å²) in [6.45, 7) is 2.87. The molecule has 106 valence electrons. The Morgan fingerprint density at radius 2 is 1.83 bits per heavy atom. The van der Waals surface area contributed by atoms with Gasteiger partial charge in [0.2, 0.25) is 0 Å². The van der Waals surface area contributed by atoms with Crippen LogP contribution in [0.4, 0.5) is 4.39 Å². The van der Waals surface area contributed by atoms with Crippen molar-refractivity contribution in [1.29, 1.82) is 0 Å². The first kappa shape index (κ1) is 15.6. The maximum absolute atomic E-state index is 14.5. The third-order valence-corrected chi connectivity index (χ3v) is 4.76. The van der Waals surface area contributed by atoms with E-state index in [-0.39, 0.29) is 5.92 Å². The number of hydrogen-bond donors (Lipinski definition) is 1. The van der Waals surface area contributed by atoms with E-state index >= 15 is 0 Å². The van der Waals surface area contributed by atoms with E-state index < -0.39 is 33.2 Å². The minimum absolute atomic E-state index is 0.145. The largest absolute Gasteiger partial charge is 0.307 e. The molecule has 0 heterocycles. The van der Waals surface area contributed by atoms with Crippen molar-refractivity contribution in [3.8, 4) is 0 Å². The smallest absolute Gasteiger partial charge is 0.294 e. The fourth-order valence-corrected chi connectivity index (χ4v) is 3.46. The second-order valence-electron chi connectivity index (χ2n) is 5.43. The maximum atomic E-state index is 14.5. The van der Waals surface area contributed by atoms with Gasteiger partial charge < -0.3 is 0 Å². The second-order valence-corrected chi connectivity index (χ2v) is 7.03. The zero-order valence-electron chi connectivity index (χ0n) is 10.9. The highest BCUT2D eigenvalue weighted by Crippen LogP contribution is 2.37. The number of ketones is 1. The predicted octanol–water partition coefficient (Wildman–Crippen LogP) is 2.74. The van der Waals surface area contributed by atoms with Crippen molar-refractivity contribution in [2.24, 2.45) is 11.8 Å². The quantitative estimate of drug-likeness (QED) is 0.786. The zero-order chi connectivity index (χ0) is 14.0. The first-order valence-electron chi connectivity index (χ1n) is 6.38. The van der Waals surface area contributed by atoms with E-state index in [1.165, 1.54) is 13.8 Å². The van der Waals surface area contributed by atoms with Crippen molar-refractivity contribution in [3.05, 3.63) is 0 Å². The highest BCUT2D eigenvalue weighted by Gasteiger charge is 2.52. The van der Waals surface area contributed by atoms with Gasteiger partial charge in [-0.25, -0.2) is 4.39 Å². The molecule has 0 aromatic heterocycles. The van der Waals surface area contributed by atoms with E-state index in [4.69, 9.17) is 4.55 Å². The van der Waals surface area contributed by atoms with Gasteiger partial charge in [-0.3, -0.25) is 9.35 Å². The molecule has 1 atom stereocenters. The molecule has 1 rings (SSSR count). The normalized spacial score (nSPS) is 21.8. The van der Waals surface area contributed by atoms with Gasteiger partial charge in [0, 0.05) is 12.3 Å². The highest BCUT2D eigenvalue weighted by atomic mass is 32.2. The Balaban J connectivity index is 2.94. The molecule has 0 aromatic rings. The van der Waals surface area contributed by atoms with Crippen LogP contribution in [0.5, 0.6) is 0 Å². The fourth-order valence-electron chi connectivity index (χ4n) is 2.53. The summed E-state index contributed by atoms with van der Waals surface area (Å²) in [4.78, 5) is 11.8. The summed E-state index contributed by atoms with van der Waals surface area (Å²) in [5.74, 6) is -1.95. The molecule has 1 fully saturated rings. The summed E-state index contributed by atoms with van der Waals surface area (Å²) in [5.41, 5.74) is 0. The number of carbonyl (C=O) groups excluding carboxylic acids is 1. The molecule has 18 heavy (non-hydrogen) atoms. The Morgan fingerprint density at radius 3 is 2.22 bits per heavy atom. The van der Waals surface area contributed by atoms with Crippen molar-refractivity contribution in [3.63, 3.8) is 0 Å². The van der Waals surface area contributed by atoms with E-state index in [0.717, 1.165) is 19.3 Å². The van der Waals surface area contributed by atoms with Gasteiger partial charge in [-0.2, -0.15) is 8.42 Å². The topological polar surface area (TPSA) is 71.4 Å². The number of halogens is 1. The van der Waals surface area contributed by atoms with E-state index in [2.05, 4.69) is 0 Å². The fraction of sp³-hybridized carbons (Fsp3) is 0.917. The third kappa shape index (κ3) is 3.29. The van der Waals surface area contributed by atoms with E-state index in [9.17, 15) is 17.6 Å². The molecule has 0 spiro atoms. The van der Waals surface area contributed by atoms with Crippen LogP contribution < -0.4 is 0 Å². The van der Waals surface area contributed by atoms with Crippen molar-refractivity contribution < 1.29 is 22.2 Å². The number of hydrogen-bond acceptors (Lipinski definition) is 3. The van der Waals surface area contributed by atoms with Crippen LogP contribution in [0.15, 0.2) is 0 Å². The van der Waals surface area contributed by atoms with Gasteiger partial charge in [-0.1, -0.05) is 46.0 Å². The molecular weight excluding hydrogens is 259 g/mol. The lowest BCUT2D eigenvalue weighted by atomic mass is 9.84. The molecule has 1 unspecified atom stereocenters. The van der Waals surface area contributed by atoms with Gasteiger partial charge in [-0.15, -0.1) is 0 Å². The molecule has 0 amide bonds. The van der Waals surface area contributed by atoms with Gasteiger partial charge >= 0.3 is 10.1 Å². The molecule has 0 saturated heterocycles. The average Bonchev–Trinajstić information content (AvgIpc) is 2.27. The van der Waals surface area contributed by atoms with Gasteiger partial charge in [0.15, 0.2) is 5.78 Å². The first-order chi connectivity index (χ1) is 8.18. The SMILES string of the molecule is CC(C)C(=O)C(F)(CC1CCCCC1)S(=O)(=O)O. The van der Waals surface area contributed by atoms with Crippen molar-refractivity contribution in [2.45, 2.75) is 57.4 Å². The van der Waals surface area contributed by atoms with Crippen LogP contribution in [-0.4, -0.2) is 23.8 Å². The summed E-state index contributed by atoms with van der Waals surface area (Å²) in [6, 6.07) is 0. The molecule has 0 radical (unpaired) electrons. The molecule has 1 N–H and O–H groups in total. The van der Waals surface area contributed by atoms with Crippen LogP contribution in [0.3, 0.4) is 0 Å². The van der Waals surface area contributed by atoms with Crippen LogP contribution in [0.1, 0.15) is 52.4 Å². The van der Waals surface area contributed by atoms with Crippen LogP contribution in [-0.2, 0) is 14.9 Å². The summed E-state index contributed by atoms with van der Waals surface area (Å²) in [7, 11) is -5.02. The Kier molecular flexibility index (Phi) is 4.89. The lowest BCUT2D eigenvalue weighted by Crippen LogP contribution is -2.46. The van der Waals surface area contributed by atoms with Crippen LogP contribution in [0.25, 0.3) is 0 Å². The van der Waals surface area contributed by atoms with Crippen molar-refractivity contribution in [1.82, 2.24) is 0 Å². The van der Waals surface area contributed by atoms with Crippen molar-refractivity contribution >= 4 is 15.9 Å². The molecule has 0 aromatic carbocycles. The monoisotopic (exact) mass is 280 g/mol. The molecule has 1 aliphatic rings. The Morgan fingerprint density at radius 1 is 1.33 bits per heavy atom. The van der Waals surface area contributed by atoms with Gasteiger partial charge in [0.25, 0.3) is 5.00 Å². The standard InChI is InChI=1S/C12H21FO4S/c1-9(2)11(14)12(13,18(15,16)17)8-10-6-4-3-5-7-10/h9-10H,3-8H2,1-2H3,(H,15,16,17). The lowest BCUT2D eigenvalue weighted by molar-refractivity contribution is -0.130. The van der Waals surface area contributed by atoms with E-state index in [1.807, 2.05) is 0 Å². The Bertz CT molecular complexity index is 398. The van der Waals surface area contributed by atoms with Gasteiger partial charge in [-0.05, 0) is 5.92 Å². The first-order valence-corrected chi connectivity index (χ1v) is 7.82. The zero-order valence-corrected chi connectivity index (χ0v) is 11.7. The summed E-state index contributed by atoms with van der Waals surface area (Å²) < 4.78 is 46.1. The van der Waals surface area contributed by atoms with E-state index in [0.29, 0.717) is 12.8 Å². The highest BCUT2D eigenvalue weighted by molar-refractivity contribution is 7.87. The van der Waals surface area contributed by atoms with Crippen LogP contribution >= 0.6 is 0 Å². The summed E-state index contributed by atoms with van der Waals surface area (Å²) in [5, 5.41) is -3.14. The minimum Gasteiger partial charge on any atom is -0.294 e. The summed E-state index contributed by atoms with van der Waals surface area (Å²) in [6.07, 6.45) is 3.91. The maximum Gasteiger partial charge on any atom is 0.307 e. The average molecular weight is 280 g/mol. The number of carbonyl (C=O) groups is 1. The Hall–Kier alpha value is -0.490. The second kappa shape index (κ2) is 5.65. The number of rotatable bonds is 5. The summed E-state index contributed by atoms with van der Waals surface area (Å²) >= 11 is 0. The molecule has 1 saturated carbocycles. The molecule has 0 bridgehead atoms. The predicted molar refractivity (Wildman–Crippen MR) is 66.4 cm³/mol. The van der Waals surface area contributed by atoms with Crippen molar-refractivity contribution in [2.75, 3.05) is 0 Å². The van der Waals surface area contributed by atoms with Gasteiger partial charge in [0.05, 0.1) is 0 Å². The molecule has 6 heteroatoms. The number of Topliss-reactive ketones (excluding diaryl/α,β-unsaturated/α-hetero) is 1. The molecule has 1 aliphatic carbocycles. The lowest BCUT2D eigenvalue weighted by Gasteiger charge is -2.29. The van der Waals surface area contributed by atoms with Crippen LogP contribution in [0, 0.1) is 11.8 Å². The molecular formula is C12H21FO4S. The third-order valence-electron chi connectivity index (χ3n) is 3.58. The van der Waals surface area contributed by atoms with Gasteiger partial charge in [0.1, 0.15) is 0 Å². The minimum atomic E-state index is -5.02. The Labute approximate surface area is 108 Å². The van der Waals surface area contributed by atoms with E-state index in [1.54, 1.807) is 0 Å². The number of alkyl halides is 1.